The molecule has 0 unspecified atom stereocenters. The van der Waals surface area contributed by atoms with Crippen LogP contribution in [0.25, 0.3) is 0 Å². The third-order valence-corrected chi connectivity index (χ3v) is 7.07. The number of aromatic nitrogens is 3. The number of carbonyl (C=O) groups is 1. The maximum absolute atomic E-state index is 12.4. The number of urea groups is 1. The Hall–Kier alpha value is -1.63. The highest BCUT2D eigenvalue weighted by molar-refractivity contribution is 5.74. The predicted molar refractivity (Wildman–Crippen MR) is 90.7 cm³/mol. The van der Waals surface area contributed by atoms with Crippen molar-refractivity contribution in [3.05, 3.63) is 12.4 Å². The van der Waals surface area contributed by atoms with E-state index in [1.54, 1.807) is 10.9 Å². The summed E-state index contributed by atoms with van der Waals surface area (Å²) in [6, 6.07) is -0.107. The Kier molecular flexibility index (Phi) is 3.91. The molecule has 7 heteroatoms. The summed E-state index contributed by atoms with van der Waals surface area (Å²) in [4.78, 5) is 12.4. The summed E-state index contributed by atoms with van der Waals surface area (Å²) < 4.78 is 7.31. The first kappa shape index (κ1) is 15.6. The summed E-state index contributed by atoms with van der Waals surface area (Å²) in [6.07, 6.45) is 10.5. The van der Waals surface area contributed by atoms with E-state index in [0.717, 1.165) is 30.2 Å². The molecule has 5 aliphatic rings. The number of amides is 2. The quantitative estimate of drug-likeness (QED) is 0.868. The summed E-state index contributed by atoms with van der Waals surface area (Å²) in [7, 11) is 0. The van der Waals surface area contributed by atoms with E-state index in [2.05, 4.69) is 20.9 Å². The minimum Gasteiger partial charge on any atom is -0.377 e. The van der Waals surface area contributed by atoms with E-state index in [-0.39, 0.29) is 18.1 Å². The molecule has 2 amide bonds. The largest absolute Gasteiger partial charge is 0.377 e. The topological polar surface area (TPSA) is 81.1 Å². The van der Waals surface area contributed by atoms with Gasteiger partial charge in [-0.3, -0.25) is 0 Å². The van der Waals surface area contributed by atoms with Gasteiger partial charge in [-0.05, 0) is 61.7 Å². The van der Waals surface area contributed by atoms with Crippen molar-refractivity contribution in [2.24, 2.45) is 29.6 Å². The van der Waals surface area contributed by atoms with Crippen LogP contribution in [-0.4, -0.2) is 46.8 Å². The number of ether oxygens (including phenoxy) is 1. The second-order valence-corrected chi connectivity index (χ2v) is 8.54. The van der Waals surface area contributed by atoms with E-state index < -0.39 is 0 Å². The Balaban J connectivity index is 1.15. The molecule has 2 heterocycles. The molecule has 4 aliphatic carbocycles. The first-order chi connectivity index (χ1) is 12.3. The Morgan fingerprint density at radius 1 is 1.12 bits per heavy atom. The van der Waals surface area contributed by atoms with Gasteiger partial charge in [0.25, 0.3) is 0 Å². The molecule has 2 N–H and O–H groups in total. The maximum atomic E-state index is 12.4. The molecule has 1 aromatic rings. The monoisotopic (exact) mass is 345 g/mol. The van der Waals surface area contributed by atoms with Crippen molar-refractivity contribution < 1.29 is 9.53 Å². The average Bonchev–Trinajstić information content (AvgIpc) is 3.24. The van der Waals surface area contributed by atoms with Gasteiger partial charge in [0, 0.05) is 12.7 Å². The molecule has 4 saturated carbocycles. The molecule has 0 radical (unpaired) electrons. The number of nitrogens with one attached hydrogen (secondary N) is 2. The maximum Gasteiger partial charge on any atom is 0.315 e. The van der Waals surface area contributed by atoms with Crippen molar-refractivity contribution in [3.63, 3.8) is 0 Å². The van der Waals surface area contributed by atoms with Crippen LogP contribution in [0.15, 0.2) is 12.4 Å². The lowest BCUT2D eigenvalue weighted by atomic mass is 9.52. The number of hydrogen-bond acceptors (Lipinski definition) is 4. The predicted octanol–water partition coefficient (Wildman–Crippen LogP) is 1.59. The van der Waals surface area contributed by atoms with Crippen molar-refractivity contribution in [1.29, 1.82) is 0 Å². The highest BCUT2D eigenvalue weighted by atomic mass is 16.5. The third-order valence-electron chi connectivity index (χ3n) is 7.07. The molecular weight excluding hydrogens is 318 g/mol. The zero-order valence-corrected chi connectivity index (χ0v) is 14.5. The molecule has 4 bridgehead atoms. The normalized spacial score (nSPS) is 41.8. The lowest BCUT2D eigenvalue weighted by Crippen LogP contribution is -2.52. The summed E-state index contributed by atoms with van der Waals surface area (Å²) >= 11 is 0. The minimum absolute atomic E-state index is 0.0226. The van der Waals surface area contributed by atoms with Crippen LogP contribution in [0, 0.1) is 29.6 Å². The SMILES string of the molecule is O=C(NCC1C2CC3CC(C2)CC1C3)N[C@H]1COC[C@H]1n1ccnn1. The van der Waals surface area contributed by atoms with E-state index in [1.807, 2.05) is 6.20 Å². The van der Waals surface area contributed by atoms with Crippen molar-refractivity contribution in [2.45, 2.75) is 44.2 Å². The minimum atomic E-state index is -0.0746. The number of nitrogens with zero attached hydrogens (tertiary/aromatic N) is 3. The molecular formula is C18H27N5O2. The van der Waals surface area contributed by atoms with Gasteiger partial charge in [-0.1, -0.05) is 5.21 Å². The standard InChI is InChI=1S/C18H27N5O2/c24-18(21-16-9-25-10-17(16)23-2-1-20-22-23)19-8-15-13-4-11-3-12(6-13)7-14(15)5-11/h1-2,11-17H,3-10H2,(H2,19,21,24)/t11?,12?,13?,14?,15?,16-,17+/m0/s1. The molecule has 136 valence electrons. The van der Waals surface area contributed by atoms with Gasteiger partial charge in [0.2, 0.25) is 0 Å². The van der Waals surface area contributed by atoms with E-state index >= 15 is 0 Å². The van der Waals surface area contributed by atoms with Gasteiger partial charge in [0.05, 0.1) is 31.5 Å². The van der Waals surface area contributed by atoms with E-state index in [9.17, 15) is 4.79 Å². The van der Waals surface area contributed by atoms with E-state index in [1.165, 1.54) is 32.1 Å². The zero-order valence-electron chi connectivity index (χ0n) is 14.5. The Morgan fingerprint density at radius 2 is 1.88 bits per heavy atom. The van der Waals surface area contributed by atoms with Gasteiger partial charge in [0.15, 0.2) is 0 Å². The number of rotatable bonds is 4. The molecule has 0 aromatic carbocycles. The van der Waals surface area contributed by atoms with Crippen LogP contribution in [0.2, 0.25) is 0 Å². The van der Waals surface area contributed by atoms with Gasteiger partial charge in [0.1, 0.15) is 0 Å². The van der Waals surface area contributed by atoms with Crippen LogP contribution in [0.1, 0.15) is 38.1 Å². The fourth-order valence-corrected chi connectivity index (χ4v) is 6.14. The van der Waals surface area contributed by atoms with Crippen LogP contribution in [0.3, 0.4) is 0 Å². The van der Waals surface area contributed by atoms with Gasteiger partial charge in [-0.2, -0.15) is 0 Å². The first-order valence-corrected chi connectivity index (χ1v) is 9.74. The number of hydrogen-bond donors (Lipinski definition) is 2. The summed E-state index contributed by atoms with van der Waals surface area (Å²) in [5, 5.41) is 14.1. The first-order valence-electron chi connectivity index (χ1n) is 9.74. The Labute approximate surface area is 147 Å². The zero-order chi connectivity index (χ0) is 16.8. The van der Waals surface area contributed by atoms with Crippen LogP contribution in [0.4, 0.5) is 4.79 Å². The summed E-state index contributed by atoms with van der Waals surface area (Å²) in [5.41, 5.74) is 0. The van der Waals surface area contributed by atoms with Crippen molar-refractivity contribution in [3.8, 4) is 0 Å². The molecule has 25 heavy (non-hydrogen) atoms. The Morgan fingerprint density at radius 3 is 2.56 bits per heavy atom. The van der Waals surface area contributed by atoms with Crippen LogP contribution in [-0.2, 0) is 4.74 Å². The van der Waals surface area contributed by atoms with E-state index in [0.29, 0.717) is 19.1 Å². The van der Waals surface area contributed by atoms with Crippen LogP contribution < -0.4 is 10.6 Å². The van der Waals surface area contributed by atoms with Gasteiger partial charge in [-0.25, -0.2) is 9.48 Å². The fraction of sp³-hybridized carbons (Fsp3) is 0.833. The smallest absolute Gasteiger partial charge is 0.315 e. The summed E-state index contributed by atoms with van der Waals surface area (Å²) in [6.45, 7) is 1.90. The lowest BCUT2D eigenvalue weighted by molar-refractivity contribution is -0.0343. The molecule has 0 spiro atoms. The Bertz CT molecular complexity index is 591. The molecule has 6 rings (SSSR count). The molecule has 2 atom stereocenters. The molecule has 1 aliphatic heterocycles. The number of carbonyl (C=O) groups excluding carboxylic acids is 1. The van der Waals surface area contributed by atoms with Crippen LogP contribution >= 0.6 is 0 Å². The second-order valence-electron chi connectivity index (χ2n) is 8.54. The molecule has 1 saturated heterocycles. The summed E-state index contributed by atoms with van der Waals surface area (Å²) in [5.74, 6) is 4.33. The second kappa shape index (κ2) is 6.27. The molecule has 5 fully saturated rings. The highest BCUT2D eigenvalue weighted by Crippen LogP contribution is 2.56. The average molecular weight is 345 g/mol. The van der Waals surface area contributed by atoms with Gasteiger partial charge < -0.3 is 15.4 Å². The van der Waals surface area contributed by atoms with Crippen LogP contribution in [0.5, 0.6) is 0 Å². The fourth-order valence-electron chi connectivity index (χ4n) is 6.14. The van der Waals surface area contributed by atoms with Crippen molar-refractivity contribution in [1.82, 2.24) is 25.6 Å². The van der Waals surface area contributed by atoms with E-state index in [4.69, 9.17) is 4.74 Å². The van der Waals surface area contributed by atoms with Gasteiger partial charge in [-0.15, -0.1) is 5.10 Å². The highest BCUT2D eigenvalue weighted by Gasteiger charge is 2.48. The molecule has 1 aromatic heterocycles. The molecule has 7 nitrogen and oxygen atoms in total. The third kappa shape index (κ3) is 2.92. The van der Waals surface area contributed by atoms with Crippen molar-refractivity contribution in [2.75, 3.05) is 19.8 Å². The lowest BCUT2D eigenvalue weighted by Gasteiger charge is -2.54. The van der Waals surface area contributed by atoms with Crippen molar-refractivity contribution >= 4 is 6.03 Å². The van der Waals surface area contributed by atoms with Gasteiger partial charge >= 0.3 is 6.03 Å².